The van der Waals surface area contributed by atoms with Crippen LogP contribution in [0.25, 0.3) is 0 Å². The van der Waals surface area contributed by atoms with Crippen LogP contribution in [-0.2, 0) is 0 Å². The Hall–Kier alpha value is -0.570. The van der Waals surface area contributed by atoms with Gasteiger partial charge in [0.1, 0.15) is 5.75 Å². The van der Waals surface area contributed by atoms with Gasteiger partial charge < -0.3 is 4.74 Å². The summed E-state index contributed by atoms with van der Waals surface area (Å²) >= 11 is 3.45. The highest BCUT2D eigenvalue weighted by atomic mass is 79.9. The van der Waals surface area contributed by atoms with Crippen LogP contribution in [0.5, 0.6) is 5.75 Å². The van der Waals surface area contributed by atoms with Gasteiger partial charge in [0.25, 0.3) is 0 Å². The number of hydrogen-bond acceptors (Lipinski definition) is 2. The highest BCUT2D eigenvalue weighted by Crippen LogP contribution is 2.28. The highest BCUT2D eigenvalue weighted by Gasteiger charge is 2.16. The van der Waals surface area contributed by atoms with Crippen LogP contribution in [0.15, 0.2) is 16.7 Å². The van der Waals surface area contributed by atoms with Crippen molar-refractivity contribution < 1.29 is 4.74 Å². The van der Waals surface area contributed by atoms with E-state index in [1.54, 1.807) is 6.20 Å². The Morgan fingerprint density at radius 2 is 2.20 bits per heavy atom. The second kappa shape index (κ2) is 4.97. The molecule has 1 aliphatic carbocycles. The molecule has 1 aliphatic rings. The van der Waals surface area contributed by atoms with Gasteiger partial charge in [-0.25, -0.2) is 0 Å². The van der Waals surface area contributed by atoms with Crippen molar-refractivity contribution in [2.24, 2.45) is 5.92 Å². The van der Waals surface area contributed by atoms with Crippen molar-refractivity contribution in [1.82, 2.24) is 4.98 Å². The molecule has 82 valence electrons. The molecule has 1 aromatic heterocycles. The van der Waals surface area contributed by atoms with E-state index in [1.807, 2.05) is 13.0 Å². The van der Waals surface area contributed by atoms with Crippen LogP contribution in [0.2, 0.25) is 0 Å². The standard InChI is InChI=1S/C12H16BrNO/c1-9-6-12(11(13)7-14-9)15-8-10-4-2-3-5-10/h6-7,10H,2-5,8H2,1H3. The third kappa shape index (κ3) is 2.94. The number of aromatic nitrogens is 1. The molecule has 1 heterocycles. The summed E-state index contributed by atoms with van der Waals surface area (Å²) in [7, 11) is 0. The van der Waals surface area contributed by atoms with Crippen LogP contribution in [0.1, 0.15) is 31.4 Å². The maximum atomic E-state index is 5.81. The molecule has 0 N–H and O–H groups in total. The number of ether oxygens (including phenoxy) is 1. The predicted molar refractivity (Wildman–Crippen MR) is 64.1 cm³/mol. The molecule has 0 saturated heterocycles. The topological polar surface area (TPSA) is 22.1 Å². The van der Waals surface area contributed by atoms with Crippen molar-refractivity contribution in [2.45, 2.75) is 32.6 Å². The van der Waals surface area contributed by atoms with Gasteiger partial charge in [0.15, 0.2) is 0 Å². The first-order valence-electron chi connectivity index (χ1n) is 5.50. The number of rotatable bonds is 3. The van der Waals surface area contributed by atoms with E-state index in [1.165, 1.54) is 25.7 Å². The molecule has 0 atom stereocenters. The van der Waals surface area contributed by atoms with Crippen LogP contribution in [0.4, 0.5) is 0 Å². The molecule has 2 rings (SSSR count). The molecule has 0 amide bonds. The zero-order chi connectivity index (χ0) is 10.7. The molecule has 0 aromatic carbocycles. The quantitative estimate of drug-likeness (QED) is 0.835. The van der Waals surface area contributed by atoms with Gasteiger partial charge in [-0.15, -0.1) is 0 Å². The smallest absolute Gasteiger partial charge is 0.136 e. The van der Waals surface area contributed by atoms with Gasteiger partial charge in [-0.3, -0.25) is 4.98 Å². The summed E-state index contributed by atoms with van der Waals surface area (Å²) in [5.41, 5.74) is 1.000. The zero-order valence-corrected chi connectivity index (χ0v) is 10.6. The summed E-state index contributed by atoms with van der Waals surface area (Å²) in [6.07, 6.45) is 7.18. The average Bonchev–Trinajstić information content (AvgIpc) is 2.72. The Morgan fingerprint density at radius 3 is 2.93 bits per heavy atom. The Balaban J connectivity index is 1.94. The molecule has 15 heavy (non-hydrogen) atoms. The summed E-state index contributed by atoms with van der Waals surface area (Å²) < 4.78 is 6.76. The van der Waals surface area contributed by atoms with Gasteiger partial charge in [0, 0.05) is 18.0 Å². The second-order valence-corrected chi connectivity index (χ2v) is 5.07. The summed E-state index contributed by atoms with van der Waals surface area (Å²) in [6.45, 7) is 2.83. The number of halogens is 1. The minimum Gasteiger partial charge on any atom is -0.492 e. The minimum absolute atomic E-state index is 0.755. The van der Waals surface area contributed by atoms with Crippen LogP contribution in [0.3, 0.4) is 0 Å². The lowest BCUT2D eigenvalue weighted by molar-refractivity contribution is 0.250. The summed E-state index contributed by atoms with van der Waals surface area (Å²) in [6, 6.07) is 1.99. The normalized spacial score (nSPS) is 16.9. The fourth-order valence-electron chi connectivity index (χ4n) is 2.01. The molecule has 3 heteroatoms. The molecule has 2 nitrogen and oxygen atoms in total. The van der Waals surface area contributed by atoms with Crippen molar-refractivity contribution >= 4 is 15.9 Å². The SMILES string of the molecule is Cc1cc(OCC2CCCC2)c(Br)cn1. The van der Waals surface area contributed by atoms with E-state index < -0.39 is 0 Å². The Labute approximate surface area is 99.2 Å². The van der Waals surface area contributed by atoms with Crippen LogP contribution in [-0.4, -0.2) is 11.6 Å². The maximum absolute atomic E-state index is 5.81. The van der Waals surface area contributed by atoms with E-state index >= 15 is 0 Å². The lowest BCUT2D eigenvalue weighted by atomic mass is 10.1. The van der Waals surface area contributed by atoms with E-state index in [0.29, 0.717) is 0 Å². The van der Waals surface area contributed by atoms with Gasteiger partial charge >= 0.3 is 0 Å². The third-order valence-electron chi connectivity index (χ3n) is 2.91. The molecule has 0 unspecified atom stereocenters. The highest BCUT2D eigenvalue weighted by molar-refractivity contribution is 9.10. The van der Waals surface area contributed by atoms with Crippen molar-refractivity contribution in [3.63, 3.8) is 0 Å². The third-order valence-corrected chi connectivity index (χ3v) is 3.50. The molecule has 0 radical (unpaired) electrons. The Kier molecular flexibility index (Phi) is 3.62. The molecule has 1 fully saturated rings. The first-order valence-corrected chi connectivity index (χ1v) is 6.30. The molecule has 0 spiro atoms. The fourth-order valence-corrected chi connectivity index (χ4v) is 2.34. The molecule has 1 saturated carbocycles. The number of hydrogen-bond donors (Lipinski definition) is 0. The van der Waals surface area contributed by atoms with Crippen LogP contribution >= 0.6 is 15.9 Å². The molecule has 0 aliphatic heterocycles. The van der Waals surface area contributed by atoms with Crippen LogP contribution < -0.4 is 4.74 Å². The van der Waals surface area contributed by atoms with E-state index in [4.69, 9.17) is 4.74 Å². The monoisotopic (exact) mass is 269 g/mol. The second-order valence-electron chi connectivity index (χ2n) is 4.22. The average molecular weight is 270 g/mol. The summed E-state index contributed by atoms with van der Waals surface area (Å²) in [4.78, 5) is 4.19. The van der Waals surface area contributed by atoms with Gasteiger partial charge in [-0.2, -0.15) is 0 Å². The predicted octanol–water partition coefficient (Wildman–Crippen LogP) is 3.72. The Bertz CT molecular complexity index is 334. The largest absolute Gasteiger partial charge is 0.492 e. The van der Waals surface area contributed by atoms with E-state index in [0.717, 1.165) is 28.4 Å². The summed E-state index contributed by atoms with van der Waals surface area (Å²) in [5.74, 6) is 1.68. The van der Waals surface area contributed by atoms with Gasteiger partial charge in [-0.1, -0.05) is 12.8 Å². The Morgan fingerprint density at radius 1 is 1.47 bits per heavy atom. The van der Waals surface area contributed by atoms with Gasteiger partial charge in [0.2, 0.25) is 0 Å². The zero-order valence-electron chi connectivity index (χ0n) is 9.00. The first-order chi connectivity index (χ1) is 7.25. The van der Waals surface area contributed by atoms with E-state index in [2.05, 4.69) is 20.9 Å². The molecule has 1 aromatic rings. The number of pyridine rings is 1. The first kappa shape index (κ1) is 10.9. The number of nitrogens with zero attached hydrogens (tertiary/aromatic N) is 1. The van der Waals surface area contributed by atoms with Crippen molar-refractivity contribution in [3.8, 4) is 5.75 Å². The molecule has 0 bridgehead atoms. The van der Waals surface area contributed by atoms with Gasteiger partial charge in [-0.05, 0) is 41.6 Å². The fraction of sp³-hybridized carbons (Fsp3) is 0.583. The van der Waals surface area contributed by atoms with Crippen molar-refractivity contribution in [3.05, 3.63) is 22.4 Å². The molecular formula is C12H16BrNO. The number of aryl methyl sites for hydroxylation is 1. The van der Waals surface area contributed by atoms with Crippen molar-refractivity contribution in [2.75, 3.05) is 6.61 Å². The van der Waals surface area contributed by atoms with E-state index in [9.17, 15) is 0 Å². The lowest BCUT2D eigenvalue weighted by Gasteiger charge is -2.12. The summed E-state index contributed by atoms with van der Waals surface area (Å²) in [5, 5.41) is 0. The lowest BCUT2D eigenvalue weighted by Crippen LogP contribution is -2.08. The van der Waals surface area contributed by atoms with Crippen molar-refractivity contribution in [1.29, 1.82) is 0 Å². The van der Waals surface area contributed by atoms with Gasteiger partial charge in [0.05, 0.1) is 11.1 Å². The minimum atomic E-state index is 0.755. The van der Waals surface area contributed by atoms with Crippen LogP contribution in [0, 0.1) is 12.8 Å². The van der Waals surface area contributed by atoms with E-state index in [-0.39, 0.29) is 0 Å². The maximum Gasteiger partial charge on any atom is 0.136 e. The molecular weight excluding hydrogens is 254 g/mol.